The van der Waals surface area contributed by atoms with Gasteiger partial charge in [0.05, 0.1) is 11.4 Å². The van der Waals surface area contributed by atoms with Gasteiger partial charge >= 0.3 is 5.97 Å². The molecule has 0 aromatic carbocycles. The lowest BCUT2D eigenvalue weighted by Crippen LogP contribution is -2.22. The molecule has 4 nitrogen and oxygen atoms in total. The summed E-state index contributed by atoms with van der Waals surface area (Å²) < 4.78 is 0. The highest BCUT2D eigenvalue weighted by Crippen LogP contribution is 2.23. The van der Waals surface area contributed by atoms with Gasteiger partial charge < -0.3 is 10.0 Å². The summed E-state index contributed by atoms with van der Waals surface area (Å²) in [5.41, 5.74) is 2.48. The molecule has 0 aliphatic rings. The molecule has 0 radical (unpaired) electrons. The van der Waals surface area contributed by atoms with E-state index in [1.807, 2.05) is 24.9 Å². The van der Waals surface area contributed by atoms with Crippen LogP contribution in [0.3, 0.4) is 0 Å². The third-order valence-corrected chi connectivity index (χ3v) is 2.49. The number of aryl methyl sites for hydroxylation is 2. The first kappa shape index (κ1) is 12.5. The second-order valence-corrected chi connectivity index (χ2v) is 3.97. The lowest BCUT2D eigenvalue weighted by molar-refractivity contribution is 0.0696. The minimum Gasteiger partial charge on any atom is -0.478 e. The topological polar surface area (TPSA) is 53.4 Å². The molecule has 0 aliphatic carbocycles. The number of aromatic nitrogens is 1. The Morgan fingerprint density at radius 2 is 2.12 bits per heavy atom. The average molecular weight is 222 g/mol. The van der Waals surface area contributed by atoms with Gasteiger partial charge in [0.1, 0.15) is 5.56 Å². The lowest BCUT2D eigenvalue weighted by atomic mass is 10.1. The third-order valence-electron chi connectivity index (χ3n) is 2.49. The predicted octanol–water partition coefficient (Wildman–Crippen LogP) is 2.24. The largest absolute Gasteiger partial charge is 0.478 e. The van der Waals surface area contributed by atoms with Crippen LogP contribution in [-0.4, -0.2) is 29.7 Å². The zero-order chi connectivity index (χ0) is 12.3. The molecule has 0 fully saturated rings. The number of carbonyl (C=O) groups is 1. The molecule has 0 spiro atoms. The molecule has 0 atom stereocenters. The van der Waals surface area contributed by atoms with E-state index in [9.17, 15) is 9.90 Å². The molecule has 0 unspecified atom stereocenters. The average Bonchev–Trinajstić information content (AvgIpc) is 2.15. The Hall–Kier alpha value is -1.58. The molecule has 1 aromatic heterocycles. The Labute approximate surface area is 95.9 Å². The Morgan fingerprint density at radius 3 is 2.62 bits per heavy atom. The van der Waals surface area contributed by atoms with Crippen molar-refractivity contribution in [1.29, 1.82) is 0 Å². The van der Waals surface area contributed by atoms with Gasteiger partial charge in [0.15, 0.2) is 0 Å². The number of hydrogen-bond acceptors (Lipinski definition) is 3. The molecule has 0 amide bonds. The molecule has 0 saturated heterocycles. The van der Waals surface area contributed by atoms with Gasteiger partial charge in [-0.25, -0.2) is 4.79 Å². The van der Waals surface area contributed by atoms with Gasteiger partial charge in [-0.1, -0.05) is 6.92 Å². The van der Waals surface area contributed by atoms with Crippen LogP contribution in [0.2, 0.25) is 0 Å². The van der Waals surface area contributed by atoms with E-state index in [0.29, 0.717) is 11.3 Å². The lowest BCUT2D eigenvalue weighted by Gasteiger charge is -2.21. The Balaban J connectivity index is 3.29. The summed E-state index contributed by atoms with van der Waals surface area (Å²) in [4.78, 5) is 17.3. The van der Waals surface area contributed by atoms with Crippen LogP contribution in [0.4, 0.5) is 5.69 Å². The highest BCUT2D eigenvalue weighted by Gasteiger charge is 2.17. The summed E-state index contributed by atoms with van der Waals surface area (Å²) in [7, 11) is 1.91. The number of pyridine rings is 1. The maximum atomic E-state index is 11.2. The molecule has 1 heterocycles. The van der Waals surface area contributed by atoms with Gasteiger partial charge in [-0.2, -0.15) is 0 Å². The number of aromatic carboxylic acids is 1. The molecule has 0 aliphatic heterocycles. The van der Waals surface area contributed by atoms with Crippen LogP contribution in [-0.2, 0) is 0 Å². The monoisotopic (exact) mass is 222 g/mol. The summed E-state index contributed by atoms with van der Waals surface area (Å²) in [5, 5.41) is 9.19. The number of nitrogens with zero attached hydrogens (tertiary/aromatic N) is 2. The second-order valence-electron chi connectivity index (χ2n) is 3.97. The van der Waals surface area contributed by atoms with E-state index in [-0.39, 0.29) is 0 Å². The van der Waals surface area contributed by atoms with Gasteiger partial charge in [0.25, 0.3) is 0 Å². The molecular weight excluding hydrogens is 204 g/mol. The van der Waals surface area contributed by atoms with Crippen LogP contribution >= 0.6 is 0 Å². The summed E-state index contributed by atoms with van der Waals surface area (Å²) in [6, 6.07) is 1.83. The van der Waals surface area contributed by atoms with E-state index in [4.69, 9.17) is 0 Å². The molecule has 1 N–H and O–H groups in total. The zero-order valence-electron chi connectivity index (χ0n) is 10.2. The number of hydrogen-bond donors (Lipinski definition) is 1. The van der Waals surface area contributed by atoms with E-state index in [1.54, 1.807) is 6.92 Å². The van der Waals surface area contributed by atoms with Crippen molar-refractivity contribution in [2.75, 3.05) is 18.5 Å². The van der Waals surface area contributed by atoms with Crippen molar-refractivity contribution in [2.45, 2.75) is 27.2 Å². The maximum Gasteiger partial charge on any atom is 0.339 e. The minimum absolute atomic E-state index is 0.307. The standard InChI is InChI=1S/C12H18N2O2/c1-5-6-14(4)10-7-8(2)13-9(3)11(10)12(15)16/h7H,5-6H2,1-4H3,(H,15,16). The van der Waals surface area contributed by atoms with Crippen molar-refractivity contribution < 1.29 is 9.90 Å². The minimum atomic E-state index is -0.914. The number of rotatable bonds is 4. The molecule has 4 heteroatoms. The van der Waals surface area contributed by atoms with Crippen LogP contribution in [0.15, 0.2) is 6.07 Å². The van der Waals surface area contributed by atoms with Crippen LogP contribution in [0.25, 0.3) is 0 Å². The molecular formula is C12H18N2O2. The fraction of sp³-hybridized carbons (Fsp3) is 0.500. The SMILES string of the molecule is CCCN(C)c1cc(C)nc(C)c1C(=O)O. The van der Waals surface area contributed by atoms with Gasteiger partial charge in [-0.3, -0.25) is 4.98 Å². The maximum absolute atomic E-state index is 11.2. The van der Waals surface area contributed by atoms with Crippen molar-refractivity contribution in [3.05, 3.63) is 23.0 Å². The van der Waals surface area contributed by atoms with Crippen LogP contribution in [0.1, 0.15) is 35.1 Å². The molecule has 1 aromatic rings. The van der Waals surface area contributed by atoms with E-state index in [1.165, 1.54) is 0 Å². The van der Waals surface area contributed by atoms with E-state index in [2.05, 4.69) is 11.9 Å². The first-order valence-electron chi connectivity index (χ1n) is 5.40. The van der Waals surface area contributed by atoms with Gasteiger partial charge in [0.2, 0.25) is 0 Å². The summed E-state index contributed by atoms with van der Waals surface area (Å²) >= 11 is 0. The predicted molar refractivity (Wildman–Crippen MR) is 64.2 cm³/mol. The van der Waals surface area contributed by atoms with Crippen LogP contribution < -0.4 is 4.90 Å². The van der Waals surface area contributed by atoms with E-state index < -0.39 is 5.97 Å². The quantitative estimate of drug-likeness (QED) is 0.848. The fourth-order valence-corrected chi connectivity index (χ4v) is 1.83. The number of anilines is 1. The summed E-state index contributed by atoms with van der Waals surface area (Å²) in [6.07, 6.45) is 0.982. The Bertz CT molecular complexity index is 402. The smallest absolute Gasteiger partial charge is 0.339 e. The second kappa shape index (κ2) is 4.96. The molecule has 0 bridgehead atoms. The fourth-order valence-electron chi connectivity index (χ4n) is 1.83. The number of carboxylic acids is 1. The Kier molecular flexibility index (Phi) is 3.88. The number of carboxylic acid groups (broad SMARTS) is 1. The highest BCUT2D eigenvalue weighted by molar-refractivity contribution is 5.95. The van der Waals surface area contributed by atoms with Crippen LogP contribution in [0.5, 0.6) is 0 Å². The van der Waals surface area contributed by atoms with Crippen molar-refractivity contribution in [2.24, 2.45) is 0 Å². The van der Waals surface area contributed by atoms with Crippen molar-refractivity contribution in [3.63, 3.8) is 0 Å². The third kappa shape index (κ3) is 2.51. The van der Waals surface area contributed by atoms with Crippen molar-refractivity contribution in [1.82, 2.24) is 4.98 Å². The zero-order valence-corrected chi connectivity index (χ0v) is 10.2. The van der Waals surface area contributed by atoms with E-state index >= 15 is 0 Å². The molecule has 1 rings (SSSR count). The van der Waals surface area contributed by atoms with Crippen molar-refractivity contribution in [3.8, 4) is 0 Å². The molecule has 16 heavy (non-hydrogen) atoms. The molecule has 0 saturated carbocycles. The summed E-state index contributed by atoms with van der Waals surface area (Å²) in [6.45, 7) is 6.52. The molecule has 88 valence electrons. The first-order valence-corrected chi connectivity index (χ1v) is 5.40. The van der Waals surface area contributed by atoms with Gasteiger partial charge in [-0.05, 0) is 26.3 Å². The highest BCUT2D eigenvalue weighted by atomic mass is 16.4. The van der Waals surface area contributed by atoms with Crippen LogP contribution in [0, 0.1) is 13.8 Å². The summed E-state index contributed by atoms with van der Waals surface area (Å²) in [5.74, 6) is -0.914. The Morgan fingerprint density at radius 1 is 1.50 bits per heavy atom. The normalized spacial score (nSPS) is 10.2. The van der Waals surface area contributed by atoms with Gasteiger partial charge in [0, 0.05) is 19.3 Å². The van der Waals surface area contributed by atoms with E-state index in [0.717, 1.165) is 24.3 Å². The van der Waals surface area contributed by atoms with Gasteiger partial charge in [-0.15, -0.1) is 0 Å². The van der Waals surface area contributed by atoms with Crippen molar-refractivity contribution >= 4 is 11.7 Å². The first-order chi connectivity index (χ1) is 7.47.